The first-order valence-corrected chi connectivity index (χ1v) is 8.10. The number of fused-ring (bicyclic) bond motifs is 1. The monoisotopic (exact) mass is 371 g/mol. The molecule has 7 heteroatoms. The van der Waals surface area contributed by atoms with E-state index in [2.05, 4.69) is 0 Å². The van der Waals surface area contributed by atoms with Crippen molar-refractivity contribution in [1.29, 1.82) is 0 Å². The van der Waals surface area contributed by atoms with E-state index in [9.17, 15) is 9.59 Å². The molecular weight excluding hydrogens is 346 g/mol. The van der Waals surface area contributed by atoms with Gasteiger partial charge in [0, 0.05) is 25.2 Å². The van der Waals surface area contributed by atoms with Gasteiger partial charge in [-0.2, -0.15) is 0 Å². The Morgan fingerprint density at radius 3 is 2.36 bits per heavy atom. The van der Waals surface area contributed by atoms with Crippen LogP contribution in [0.25, 0.3) is 0 Å². The van der Waals surface area contributed by atoms with Crippen LogP contribution >= 0.6 is 12.4 Å². The van der Waals surface area contributed by atoms with Gasteiger partial charge >= 0.3 is 11.9 Å². The first-order chi connectivity index (χ1) is 11.5. The molecule has 1 aromatic rings. The van der Waals surface area contributed by atoms with E-state index in [1.54, 1.807) is 0 Å². The topological polar surface area (TPSA) is 87.8 Å². The third-order valence-corrected chi connectivity index (χ3v) is 4.75. The minimum atomic E-state index is -1.51. The molecule has 0 fully saturated rings. The van der Waals surface area contributed by atoms with E-state index in [1.165, 1.54) is 14.2 Å². The van der Waals surface area contributed by atoms with E-state index in [-0.39, 0.29) is 31.5 Å². The van der Waals surface area contributed by atoms with Gasteiger partial charge in [-0.15, -0.1) is 12.4 Å². The number of nitrogens with two attached hydrogens (primary N) is 1. The number of carbonyl (C=O) groups is 2. The molecule has 0 radical (unpaired) electrons. The van der Waals surface area contributed by atoms with Crippen LogP contribution in [0.2, 0.25) is 0 Å². The van der Waals surface area contributed by atoms with Crippen molar-refractivity contribution in [1.82, 2.24) is 0 Å². The molecule has 0 bridgehead atoms. The second-order valence-electron chi connectivity index (χ2n) is 5.95. The van der Waals surface area contributed by atoms with E-state index in [1.807, 2.05) is 31.2 Å². The van der Waals surface area contributed by atoms with Gasteiger partial charge in [0.25, 0.3) is 0 Å². The van der Waals surface area contributed by atoms with Gasteiger partial charge in [-0.05, 0) is 30.9 Å². The highest BCUT2D eigenvalue weighted by atomic mass is 35.5. The Hall–Kier alpha value is -1.63. The predicted octanol–water partition coefficient (Wildman–Crippen LogP) is 1.83. The second kappa shape index (κ2) is 9.17. The zero-order valence-corrected chi connectivity index (χ0v) is 15.6. The molecular formula is C18H26ClNO5. The summed E-state index contributed by atoms with van der Waals surface area (Å²) in [5, 5.41) is 0. The van der Waals surface area contributed by atoms with Crippen LogP contribution in [0.5, 0.6) is 0 Å². The van der Waals surface area contributed by atoms with Crippen LogP contribution in [0.4, 0.5) is 0 Å². The average Bonchev–Trinajstić information content (AvgIpc) is 2.94. The lowest BCUT2D eigenvalue weighted by molar-refractivity contribution is -0.173. The smallest absolute Gasteiger partial charge is 0.324 e. The number of carbonyl (C=O) groups excluding carboxylic acids is 2. The number of benzene rings is 1. The van der Waals surface area contributed by atoms with E-state index in [0.29, 0.717) is 13.0 Å². The summed E-state index contributed by atoms with van der Waals surface area (Å²) in [4.78, 5) is 25.5. The van der Waals surface area contributed by atoms with Crippen molar-refractivity contribution in [3.05, 3.63) is 35.4 Å². The Kier molecular flexibility index (Phi) is 7.86. The number of hydrogen-bond donors (Lipinski definition) is 1. The molecule has 1 aliphatic rings. The summed E-state index contributed by atoms with van der Waals surface area (Å²) in [6, 6.07) is 7.31. The van der Waals surface area contributed by atoms with Crippen molar-refractivity contribution < 1.29 is 23.8 Å². The Morgan fingerprint density at radius 1 is 1.20 bits per heavy atom. The number of hydrogen-bond acceptors (Lipinski definition) is 6. The minimum Gasteiger partial charge on any atom is -0.468 e. The van der Waals surface area contributed by atoms with E-state index in [4.69, 9.17) is 19.9 Å². The van der Waals surface area contributed by atoms with Gasteiger partial charge in [-0.3, -0.25) is 9.59 Å². The Morgan fingerprint density at radius 2 is 1.80 bits per heavy atom. The van der Waals surface area contributed by atoms with Crippen molar-refractivity contribution in [2.75, 3.05) is 27.4 Å². The molecule has 0 spiro atoms. The Labute approximate surface area is 154 Å². The number of rotatable bonds is 7. The maximum atomic E-state index is 12.7. The zero-order chi connectivity index (χ0) is 17.7. The molecule has 0 unspecified atom stereocenters. The third-order valence-electron chi connectivity index (χ3n) is 4.75. The summed E-state index contributed by atoms with van der Waals surface area (Å²) in [5.41, 5.74) is 6.78. The third kappa shape index (κ3) is 3.81. The van der Waals surface area contributed by atoms with Crippen molar-refractivity contribution in [3.63, 3.8) is 0 Å². The highest BCUT2D eigenvalue weighted by Gasteiger charge is 2.58. The number of halogens is 1. The van der Waals surface area contributed by atoms with Gasteiger partial charge in [0.1, 0.15) is 0 Å². The van der Waals surface area contributed by atoms with Crippen LogP contribution < -0.4 is 5.73 Å². The van der Waals surface area contributed by atoms with Crippen LogP contribution in [0.15, 0.2) is 24.3 Å². The standard InChI is InChI=1S/C18H25NO5.ClH/c1-4-24-10-9-18(16(20)22-2,17(21)23-3)15-13-8-6-5-7-12(13)11-14(15)19;/h5-8,14-15H,4,9-11,19H2,1-3H3;1H/t14-,15-;/m1./s1. The van der Waals surface area contributed by atoms with E-state index < -0.39 is 23.3 Å². The molecule has 1 aliphatic carbocycles. The summed E-state index contributed by atoms with van der Waals surface area (Å²) >= 11 is 0. The lowest BCUT2D eigenvalue weighted by Gasteiger charge is -2.36. The fourth-order valence-corrected chi connectivity index (χ4v) is 3.70. The largest absolute Gasteiger partial charge is 0.468 e. The molecule has 0 heterocycles. The van der Waals surface area contributed by atoms with Gasteiger partial charge in [-0.1, -0.05) is 24.3 Å². The van der Waals surface area contributed by atoms with Crippen molar-refractivity contribution in [2.45, 2.75) is 31.7 Å². The highest BCUT2D eigenvalue weighted by molar-refractivity contribution is 6.01. The maximum Gasteiger partial charge on any atom is 0.324 e. The molecule has 6 nitrogen and oxygen atoms in total. The van der Waals surface area contributed by atoms with Crippen molar-refractivity contribution >= 4 is 24.3 Å². The number of ether oxygens (including phenoxy) is 3. The fourth-order valence-electron chi connectivity index (χ4n) is 3.70. The van der Waals surface area contributed by atoms with Gasteiger partial charge < -0.3 is 19.9 Å². The summed E-state index contributed by atoms with van der Waals surface area (Å²) in [7, 11) is 2.54. The fraction of sp³-hybridized carbons (Fsp3) is 0.556. The molecule has 0 aliphatic heterocycles. The Bertz CT molecular complexity index is 591. The molecule has 0 saturated heterocycles. The first kappa shape index (κ1) is 21.4. The molecule has 2 N–H and O–H groups in total. The predicted molar refractivity (Wildman–Crippen MR) is 95.7 cm³/mol. The maximum absolute atomic E-state index is 12.7. The van der Waals surface area contributed by atoms with Crippen LogP contribution in [-0.2, 0) is 30.2 Å². The van der Waals surface area contributed by atoms with Crippen molar-refractivity contribution in [2.24, 2.45) is 11.1 Å². The Balaban J connectivity index is 0.00000312. The molecule has 2 atom stereocenters. The lowest BCUT2D eigenvalue weighted by Crippen LogP contribution is -2.51. The summed E-state index contributed by atoms with van der Waals surface area (Å²) < 4.78 is 15.4. The molecule has 0 aromatic heterocycles. The molecule has 140 valence electrons. The van der Waals surface area contributed by atoms with Crippen LogP contribution in [0.1, 0.15) is 30.4 Å². The van der Waals surface area contributed by atoms with Gasteiger partial charge in [0.2, 0.25) is 0 Å². The SMILES string of the molecule is CCOCCC(C(=O)OC)(C(=O)OC)[C@@H]1c2ccccc2C[C@H]1N.Cl. The quantitative estimate of drug-likeness (QED) is 0.447. The highest BCUT2D eigenvalue weighted by Crippen LogP contribution is 2.48. The van der Waals surface area contributed by atoms with E-state index in [0.717, 1.165) is 11.1 Å². The summed E-state index contributed by atoms with van der Waals surface area (Å²) in [6.07, 6.45) is 0.762. The minimum absolute atomic E-state index is 0. The molecule has 0 saturated carbocycles. The average molecular weight is 372 g/mol. The van der Waals surface area contributed by atoms with Gasteiger partial charge in [0.05, 0.1) is 14.2 Å². The van der Waals surface area contributed by atoms with Crippen molar-refractivity contribution in [3.8, 4) is 0 Å². The van der Waals surface area contributed by atoms with Crippen LogP contribution in [0, 0.1) is 5.41 Å². The van der Waals surface area contributed by atoms with Gasteiger partial charge in [-0.25, -0.2) is 0 Å². The lowest BCUT2D eigenvalue weighted by atomic mass is 9.68. The number of esters is 2. The van der Waals surface area contributed by atoms with Crippen LogP contribution in [-0.4, -0.2) is 45.4 Å². The normalized spacial score (nSPS) is 18.9. The molecule has 0 amide bonds. The second-order valence-corrected chi connectivity index (χ2v) is 5.95. The number of methoxy groups -OCH3 is 2. The summed E-state index contributed by atoms with van der Waals surface area (Å²) in [5.74, 6) is -1.77. The zero-order valence-electron chi connectivity index (χ0n) is 14.8. The van der Waals surface area contributed by atoms with Gasteiger partial charge in [0.15, 0.2) is 5.41 Å². The van der Waals surface area contributed by atoms with E-state index >= 15 is 0 Å². The molecule has 1 aromatic carbocycles. The molecule has 2 rings (SSSR count). The first-order valence-electron chi connectivity index (χ1n) is 8.10. The summed E-state index contributed by atoms with van der Waals surface area (Å²) in [6.45, 7) is 2.59. The molecule has 25 heavy (non-hydrogen) atoms. The van der Waals surface area contributed by atoms with Crippen LogP contribution in [0.3, 0.4) is 0 Å².